The number of hydrogen-bond acceptors (Lipinski definition) is 4. The third kappa shape index (κ3) is 4.97. The summed E-state index contributed by atoms with van der Waals surface area (Å²) >= 11 is 0. The minimum absolute atomic E-state index is 0.0464. The predicted octanol–water partition coefficient (Wildman–Crippen LogP) is 4.66. The Morgan fingerprint density at radius 2 is 1.87 bits per heavy atom. The van der Waals surface area contributed by atoms with Gasteiger partial charge in [-0.2, -0.15) is 13.2 Å². The van der Waals surface area contributed by atoms with Gasteiger partial charge in [0.2, 0.25) is 0 Å². The molecule has 0 bridgehead atoms. The zero-order valence-corrected chi connectivity index (χ0v) is 16.1. The van der Waals surface area contributed by atoms with Crippen molar-refractivity contribution in [2.75, 3.05) is 5.84 Å². The van der Waals surface area contributed by atoms with Gasteiger partial charge in [-0.1, -0.05) is 18.2 Å². The highest BCUT2D eigenvalue weighted by molar-refractivity contribution is 5.88. The number of benzene rings is 2. The third-order valence-corrected chi connectivity index (χ3v) is 4.34. The molecule has 31 heavy (non-hydrogen) atoms. The van der Waals surface area contributed by atoms with Gasteiger partial charge in [-0.3, -0.25) is 4.68 Å². The van der Waals surface area contributed by atoms with Crippen molar-refractivity contribution in [2.24, 2.45) is 0 Å². The van der Waals surface area contributed by atoms with E-state index in [1.807, 2.05) is 0 Å². The fourth-order valence-corrected chi connectivity index (χ4v) is 2.77. The maximum atomic E-state index is 13.0. The van der Waals surface area contributed by atoms with Crippen molar-refractivity contribution in [1.29, 1.82) is 0 Å². The van der Waals surface area contributed by atoms with Gasteiger partial charge in [0, 0.05) is 23.3 Å². The molecule has 0 spiro atoms. The van der Waals surface area contributed by atoms with E-state index < -0.39 is 17.7 Å². The molecule has 0 fully saturated rings. The van der Waals surface area contributed by atoms with E-state index in [0.29, 0.717) is 28.0 Å². The molecule has 0 aliphatic heterocycles. The van der Waals surface area contributed by atoms with Crippen LogP contribution >= 0.6 is 0 Å². The molecule has 6 nitrogen and oxygen atoms in total. The summed E-state index contributed by atoms with van der Waals surface area (Å²) in [4.78, 5) is 18.7. The molecule has 2 heterocycles. The molecule has 0 aliphatic carbocycles. The summed E-state index contributed by atoms with van der Waals surface area (Å²) in [5, 5.41) is 9.53. The topological polar surface area (TPSA) is 94.0 Å². The number of nitrogen functional groups attached to an aromatic ring is 1. The number of aryl methyl sites for hydroxylation is 1. The Morgan fingerprint density at radius 3 is 2.48 bits per heavy atom. The molecule has 0 amide bonds. The van der Waals surface area contributed by atoms with Gasteiger partial charge in [0.05, 0.1) is 22.3 Å². The molecule has 4 rings (SSSR count). The summed E-state index contributed by atoms with van der Waals surface area (Å²) in [5.41, 5.74) is 0.608. The molecule has 4 aromatic rings. The summed E-state index contributed by atoms with van der Waals surface area (Å²) in [6.45, 7) is 1.58. The van der Waals surface area contributed by atoms with Gasteiger partial charge in [0.25, 0.3) is 0 Å². The minimum atomic E-state index is -4.32. The number of rotatable bonds is 2. The number of aromatic nitrogens is 3. The number of nitrogens with zero attached hydrogens (tertiary/aromatic N) is 3. The predicted molar refractivity (Wildman–Crippen MR) is 106 cm³/mol. The number of carboxylic acid groups (broad SMARTS) is 1. The summed E-state index contributed by atoms with van der Waals surface area (Å²) in [5.74, 6) is 4.29. The fraction of sp³-hybridized carbons (Fsp3) is 0.0952. The number of carbonyl (C=O) groups is 1. The lowest BCUT2D eigenvalue weighted by molar-refractivity contribution is -0.137. The van der Waals surface area contributed by atoms with Crippen LogP contribution in [0.15, 0.2) is 60.9 Å². The highest BCUT2D eigenvalue weighted by atomic mass is 19.4. The Kier molecular flexibility index (Phi) is 5.91. The molecule has 2 aromatic heterocycles. The summed E-state index contributed by atoms with van der Waals surface area (Å²) in [6.07, 6.45) is -1.58. The van der Waals surface area contributed by atoms with Gasteiger partial charge < -0.3 is 10.9 Å². The van der Waals surface area contributed by atoms with Gasteiger partial charge in [-0.25, -0.2) is 19.2 Å². The molecule has 160 valence electrons. The number of halogens is 4. The van der Waals surface area contributed by atoms with Crippen LogP contribution in [0.25, 0.3) is 22.3 Å². The monoisotopic (exact) mass is 432 g/mol. The van der Waals surface area contributed by atoms with Crippen LogP contribution in [-0.2, 0) is 6.18 Å². The van der Waals surface area contributed by atoms with Crippen LogP contribution in [0.5, 0.6) is 0 Å². The number of hydrogen-bond donors (Lipinski definition) is 2. The second-order valence-electron chi connectivity index (χ2n) is 6.50. The van der Waals surface area contributed by atoms with E-state index >= 15 is 0 Å². The fourth-order valence-electron chi connectivity index (χ4n) is 2.77. The van der Waals surface area contributed by atoms with E-state index in [0.717, 1.165) is 12.1 Å². The Hall–Kier alpha value is -3.95. The maximum absolute atomic E-state index is 13.0. The lowest BCUT2D eigenvalue weighted by Gasteiger charge is -2.06. The van der Waals surface area contributed by atoms with Crippen LogP contribution in [0.2, 0.25) is 0 Å². The molecule has 0 saturated heterocycles. The summed E-state index contributed by atoms with van der Waals surface area (Å²) < 4.78 is 51.1. The standard InChI is InChI=1S/C12H9FN2O2.C9H7F3N2/c1-7-10(12(16)17)6-14-11(15-7)8-3-2-4-9(13)5-8;10-9(11,12)7-2-1-6-3-4-14(13)8(6)5-7/h2-6H,1H3,(H,16,17);1-5H,13H2. The van der Waals surface area contributed by atoms with Crippen molar-refractivity contribution in [3.05, 3.63) is 83.6 Å². The normalized spacial score (nSPS) is 11.1. The van der Waals surface area contributed by atoms with Gasteiger partial charge in [0.1, 0.15) is 5.82 Å². The van der Waals surface area contributed by atoms with E-state index in [1.54, 1.807) is 25.1 Å². The van der Waals surface area contributed by atoms with E-state index in [1.165, 1.54) is 35.3 Å². The van der Waals surface area contributed by atoms with Crippen molar-refractivity contribution in [1.82, 2.24) is 14.6 Å². The smallest absolute Gasteiger partial charge is 0.416 e. The van der Waals surface area contributed by atoms with Crippen molar-refractivity contribution in [2.45, 2.75) is 13.1 Å². The molecule has 2 aromatic carbocycles. The molecular weight excluding hydrogens is 416 g/mol. The van der Waals surface area contributed by atoms with Crippen LogP contribution < -0.4 is 5.84 Å². The van der Waals surface area contributed by atoms with Crippen molar-refractivity contribution in [3.8, 4) is 11.4 Å². The molecular formula is C21H16F4N4O2. The van der Waals surface area contributed by atoms with E-state index in [-0.39, 0.29) is 11.4 Å². The number of carboxylic acids is 1. The number of aromatic carboxylic acids is 1. The molecule has 0 aliphatic rings. The average molecular weight is 432 g/mol. The van der Waals surface area contributed by atoms with Crippen LogP contribution in [0, 0.1) is 12.7 Å². The second-order valence-corrected chi connectivity index (χ2v) is 6.50. The summed E-state index contributed by atoms with van der Waals surface area (Å²) in [6, 6.07) is 11.0. The first-order valence-electron chi connectivity index (χ1n) is 8.82. The van der Waals surface area contributed by atoms with E-state index in [9.17, 15) is 22.4 Å². The van der Waals surface area contributed by atoms with Gasteiger partial charge >= 0.3 is 12.1 Å². The van der Waals surface area contributed by atoms with Crippen LogP contribution in [0.1, 0.15) is 21.6 Å². The molecule has 0 atom stereocenters. The van der Waals surface area contributed by atoms with Gasteiger partial charge in [-0.15, -0.1) is 0 Å². The Bertz CT molecular complexity index is 1250. The maximum Gasteiger partial charge on any atom is 0.416 e. The van der Waals surface area contributed by atoms with Gasteiger partial charge in [0.15, 0.2) is 5.82 Å². The molecule has 0 saturated carbocycles. The molecule has 0 radical (unpaired) electrons. The zero-order valence-electron chi connectivity index (χ0n) is 16.1. The van der Waals surface area contributed by atoms with Crippen LogP contribution in [0.3, 0.4) is 0 Å². The molecule has 10 heteroatoms. The lowest BCUT2D eigenvalue weighted by atomic mass is 10.1. The number of fused-ring (bicyclic) bond motifs is 1. The largest absolute Gasteiger partial charge is 0.478 e. The van der Waals surface area contributed by atoms with Crippen LogP contribution in [0.4, 0.5) is 17.6 Å². The number of nitrogens with two attached hydrogens (primary N) is 1. The van der Waals surface area contributed by atoms with E-state index in [4.69, 9.17) is 10.9 Å². The first-order valence-corrected chi connectivity index (χ1v) is 8.82. The summed E-state index contributed by atoms with van der Waals surface area (Å²) in [7, 11) is 0. The van der Waals surface area contributed by atoms with Crippen molar-refractivity contribution < 1.29 is 27.5 Å². The third-order valence-electron chi connectivity index (χ3n) is 4.34. The highest BCUT2D eigenvalue weighted by Gasteiger charge is 2.30. The Labute approximate surface area is 173 Å². The zero-order chi connectivity index (χ0) is 22.8. The van der Waals surface area contributed by atoms with Crippen molar-refractivity contribution >= 4 is 16.9 Å². The first-order chi connectivity index (χ1) is 14.6. The Balaban J connectivity index is 0.000000179. The molecule has 0 unspecified atom stereocenters. The Morgan fingerprint density at radius 1 is 1.13 bits per heavy atom. The second kappa shape index (κ2) is 8.42. The first kappa shape index (κ1) is 21.8. The average Bonchev–Trinajstić information content (AvgIpc) is 3.08. The highest BCUT2D eigenvalue weighted by Crippen LogP contribution is 2.31. The SMILES string of the molecule is Cc1nc(-c2cccc(F)c2)ncc1C(=O)O.Nn1ccc2ccc(C(F)(F)F)cc21. The van der Waals surface area contributed by atoms with Crippen molar-refractivity contribution in [3.63, 3.8) is 0 Å². The van der Waals surface area contributed by atoms with Crippen LogP contribution in [-0.4, -0.2) is 25.7 Å². The number of alkyl halides is 3. The minimum Gasteiger partial charge on any atom is -0.478 e. The van der Waals surface area contributed by atoms with E-state index in [2.05, 4.69) is 9.97 Å². The molecule has 3 N–H and O–H groups in total. The van der Waals surface area contributed by atoms with Gasteiger partial charge in [-0.05, 0) is 37.3 Å². The lowest BCUT2D eigenvalue weighted by Crippen LogP contribution is -2.08. The quantitative estimate of drug-likeness (QED) is 0.355.